The Bertz CT molecular complexity index is 1100. The maximum Gasteiger partial charge on any atom is 0.322 e. The maximum atomic E-state index is 13.7. The third-order valence-electron chi connectivity index (χ3n) is 6.50. The minimum atomic E-state index is -0.215. The van der Waals surface area contributed by atoms with E-state index in [2.05, 4.69) is 58.1 Å². The Labute approximate surface area is 226 Å². The molecule has 0 aliphatic heterocycles. The predicted molar refractivity (Wildman–Crippen MR) is 155 cm³/mol. The van der Waals surface area contributed by atoms with Gasteiger partial charge in [-0.05, 0) is 46.4 Å². The number of carbonyl (C=O) groups excluding carboxylic acids is 2. The molecule has 3 aromatic rings. The van der Waals surface area contributed by atoms with Gasteiger partial charge in [-0.2, -0.15) is 0 Å². The number of anilines is 1. The second-order valence-corrected chi connectivity index (χ2v) is 11.2. The molecule has 0 aliphatic carbocycles. The molecule has 0 unspecified atom stereocenters. The van der Waals surface area contributed by atoms with Crippen molar-refractivity contribution in [1.82, 2.24) is 9.80 Å². The largest absolute Gasteiger partial charge is 0.332 e. The molecule has 0 aliphatic rings. The summed E-state index contributed by atoms with van der Waals surface area (Å²) in [6.45, 7) is 12.3. The molecule has 6 heteroatoms. The second-order valence-electron chi connectivity index (χ2n) is 10.1. The van der Waals surface area contributed by atoms with Crippen LogP contribution >= 0.6 is 11.3 Å². The lowest BCUT2D eigenvalue weighted by Crippen LogP contribution is -2.44. The molecule has 1 aromatic heterocycles. The lowest BCUT2D eigenvalue weighted by atomic mass is 9.93. The number of hydrogen-bond donors (Lipinski definition) is 1. The van der Waals surface area contributed by atoms with Crippen LogP contribution in [-0.4, -0.2) is 34.8 Å². The zero-order valence-corrected chi connectivity index (χ0v) is 23.7. The monoisotopic (exact) mass is 519 g/mol. The number of hydrogen-bond acceptors (Lipinski definition) is 3. The van der Waals surface area contributed by atoms with Crippen molar-refractivity contribution in [1.29, 1.82) is 0 Å². The van der Waals surface area contributed by atoms with Gasteiger partial charge < -0.3 is 15.1 Å². The van der Waals surface area contributed by atoms with Crippen LogP contribution in [0.15, 0.2) is 66.0 Å². The molecule has 0 saturated heterocycles. The number of carbonyl (C=O) groups is 2. The fraction of sp³-hybridized carbons (Fsp3) is 0.419. The highest BCUT2D eigenvalue weighted by Crippen LogP contribution is 2.32. The Kier molecular flexibility index (Phi) is 10.8. The standard InChI is InChI=1S/C31H41N3O2S/c1-6-7-18-33(31(36)32-30-27(23(2)3)16-11-17-28(30)24(4)5)22-29(35)34(21-26-15-12-19-37-26)20-25-13-9-8-10-14-25/h8-17,19,23-24H,6-7,18,20-22H2,1-5H3,(H,32,36). The topological polar surface area (TPSA) is 52.7 Å². The Balaban J connectivity index is 1.83. The first-order chi connectivity index (χ1) is 17.8. The fourth-order valence-corrected chi connectivity index (χ4v) is 5.09. The Morgan fingerprint density at radius 3 is 2.08 bits per heavy atom. The molecular weight excluding hydrogens is 478 g/mol. The van der Waals surface area contributed by atoms with Crippen molar-refractivity contribution in [3.05, 3.63) is 87.6 Å². The van der Waals surface area contributed by atoms with Gasteiger partial charge in [-0.15, -0.1) is 11.3 Å². The number of urea groups is 1. The predicted octanol–water partition coefficient (Wildman–Crippen LogP) is 7.86. The maximum absolute atomic E-state index is 13.7. The molecule has 0 radical (unpaired) electrons. The summed E-state index contributed by atoms with van der Waals surface area (Å²) in [5.41, 5.74) is 4.19. The number of nitrogens with one attached hydrogen (secondary N) is 1. The van der Waals surface area contributed by atoms with Gasteiger partial charge in [0.2, 0.25) is 5.91 Å². The van der Waals surface area contributed by atoms with Crippen molar-refractivity contribution in [2.45, 2.75) is 72.4 Å². The van der Waals surface area contributed by atoms with Gasteiger partial charge in [-0.25, -0.2) is 4.79 Å². The smallest absolute Gasteiger partial charge is 0.322 e. The molecule has 3 amide bonds. The molecule has 0 bridgehead atoms. The number of para-hydroxylation sites is 1. The summed E-state index contributed by atoms with van der Waals surface area (Å²) >= 11 is 1.64. The minimum Gasteiger partial charge on any atom is -0.332 e. The van der Waals surface area contributed by atoms with Crippen LogP contribution in [0.5, 0.6) is 0 Å². The average Bonchev–Trinajstić information content (AvgIpc) is 3.39. The summed E-state index contributed by atoms with van der Waals surface area (Å²) in [4.78, 5) is 32.0. The van der Waals surface area contributed by atoms with Gasteiger partial charge in [0.05, 0.1) is 6.54 Å². The SMILES string of the molecule is CCCCN(CC(=O)N(Cc1ccccc1)Cc1cccs1)C(=O)Nc1c(C(C)C)cccc1C(C)C. The zero-order chi connectivity index (χ0) is 26.8. The quantitative estimate of drug-likeness (QED) is 0.265. The van der Waals surface area contributed by atoms with Gasteiger partial charge in [0, 0.05) is 23.7 Å². The molecule has 5 nitrogen and oxygen atoms in total. The highest BCUT2D eigenvalue weighted by Gasteiger charge is 2.24. The highest BCUT2D eigenvalue weighted by atomic mass is 32.1. The van der Waals surface area contributed by atoms with E-state index in [-0.39, 0.29) is 30.3 Å². The van der Waals surface area contributed by atoms with Crippen molar-refractivity contribution < 1.29 is 9.59 Å². The van der Waals surface area contributed by atoms with E-state index in [1.54, 1.807) is 16.2 Å². The molecule has 0 spiro atoms. The number of unbranched alkanes of at least 4 members (excludes halogenated alkanes) is 1. The molecule has 1 N–H and O–H groups in total. The van der Waals surface area contributed by atoms with Crippen molar-refractivity contribution in [3.8, 4) is 0 Å². The molecule has 0 saturated carbocycles. The summed E-state index contributed by atoms with van der Waals surface area (Å²) in [5.74, 6) is 0.489. The van der Waals surface area contributed by atoms with Crippen molar-refractivity contribution in [2.75, 3.05) is 18.4 Å². The molecular formula is C31H41N3O2S. The lowest BCUT2D eigenvalue weighted by Gasteiger charge is -2.29. The van der Waals surface area contributed by atoms with Gasteiger partial charge in [0.1, 0.15) is 6.54 Å². The van der Waals surface area contributed by atoms with E-state index >= 15 is 0 Å². The van der Waals surface area contributed by atoms with Crippen LogP contribution in [0.25, 0.3) is 0 Å². The fourth-order valence-electron chi connectivity index (χ4n) is 4.37. The summed E-state index contributed by atoms with van der Waals surface area (Å²) in [5, 5.41) is 5.24. The van der Waals surface area contributed by atoms with E-state index in [1.807, 2.05) is 52.7 Å². The van der Waals surface area contributed by atoms with Crippen LogP contribution in [-0.2, 0) is 17.9 Å². The van der Waals surface area contributed by atoms with Gasteiger partial charge in [0.15, 0.2) is 0 Å². The van der Waals surface area contributed by atoms with Crippen LogP contribution in [0.2, 0.25) is 0 Å². The van der Waals surface area contributed by atoms with Crippen LogP contribution in [0.3, 0.4) is 0 Å². The molecule has 2 aromatic carbocycles. The van der Waals surface area contributed by atoms with Crippen LogP contribution in [0, 0.1) is 0 Å². The highest BCUT2D eigenvalue weighted by molar-refractivity contribution is 7.09. The number of benzene rings is 2. The summed E-state index contributed by atoms with van der Waals surface area (Å²) in [6, 6.07) is 20.1. The van der Waals surface area contributed by atoms with Gasteiger partial charge in [-0.3, -0.25) is 4.79 Å². The summed E-state index contributed by atoms with van der Waals surface area (Å²) < 4.78 is 0. The average molecular weight is 520 g/mol. The van der Waals surface area contributed by atoms with Crippen molar-refractivity contribution >= 4 is 29.0 Å². The van der Waals surface area contributed by atoms with Crippen molar-refractivity contribution in [2.24, 2.45) is 0 Å². The van der Waals surface area contributed by atoms with Crippen LogP contribution < -0.4 is 5.32 Å². The van der Waals surface area contributed by atoms with Gasteiger partial charge in [0.25, 0.3) is 0 Å². The normalized spacial score (nSPS) is 11.1. The Hall–Kier alpha value is -3.12. The first kappa shape index (κ1) is 28.5. The minimum absolute atomic E-state index is 0.0465. The van der Waals surface area contributed by atoms with Gasteiger partial charge >= 0.3 is 6.03 Å². The molecule has 37 heavy (non-hydrogen) atoms. The van der Waals surface area contributed by atoms with Crippen LogP contribution in [0.4, 0.5) is 10.5 Å². The van der Waals surface area contributed by atoms with E-state index < -0.39 is 0 Å². The van der Waals surface area contributed by atoms with Gasteiger partial charge in [-0.1, -0.05) is 95.6 Å². The molecule has 0 fully saturated rings. The zero-order valence-electron chi connectivity index (χ0n) is 22.9. The Morgan fingerprint density at radius 2 is 1.51 bits per heavy atom. The summed E-state index contributed by atoms with van der Waals surface area (Å²) in [7, 11) is 0. The summed E-state index contributed by atoms with van der Waals surface area (Å²) in [6.07, 6.45) is 1.79. The third-order valence-corrected chi connectivity index (χ3v) is 7.36. The van der Waals surface area contributed by atoms with E-state index in [9.17, 15) is 9.59 Å². The van der Waals surface area contributed by atoms with Crippen molar-refractivity contribution in [3.63, 3.8) is 0 Å². The van der Waals surface area contributed by atoms with E-state index in [1.165, 1.54) is 0 Å². The molecule has 1 heterocycles. The number of thiophene rings is 1. The number of rotatable bonds is 12. The number of amides is 3. The Morgan fingerprint density at radius 1 is 0.838 bits per heavy atom. The number of nitrogens with zero attached hydrogens (tertiary/aromatic N) is 2. The van der Waals surface area contributed by atoms with E-state index in [0.29, 0.717) is 19.6 Å². The molecule has 0 atom stereocenters. The van der Waals surface area contributed by atoms with Crippen LogP contribution in [0.1, 0.15) is 80.9 Å². The molecule has 198 valence electrons. The lowest BCUT2D eigenvalue weighted by molar-refractivity contribution is -0.133. The first-order valence-corrected chi connectivity index (χ1v) is 14.2. The second kappa shape index (κ2) is 14.0. The van der Waals surface area contributed by atoms with E-state index in [4.69, 9.17) is 0 Å². The molecule has 3 rings (SSSR count). The first-order valence-electron chi connectivity index (χ1n) is 13.3. The third kappa shape index (κ3) is 8.19. The van der Waals surface area contributed by atoms with E-state index in [0.717, 1.165) is 40.1 Å².